The zero-order chi connectivity index (χ0) is 13.4. The van der Waals surface area contributed by atoms with Gasteiger partial charge >= 0.3 is 0 Å². The van der Waals surface area contributed by atoms with Crippen LogP contribution in [0.5, 0.6) is 0 Å². The van der Waals surface area contributed by atoms with Crippen LogP contribution in [0.3, 0.4) is 0 Å². The molecular formula is C11H12IrN5O2-. The number of carbonyl (C=O) groups is 1. The summed E-state index contributed by atoms with van der Waals surface area (Å²) < 4.78 is 1.49. The molecular weight excluding hydrogens is 426 g/mol. The summed E-state index contributed by atoms with van der Waals surface area (Å²) in [5, 5.41) is 19.0. The van der Waals surface area contributed by atoms with Crippen molar-refractivity contribution in [3.63, 3.8) is 0 Å². The molecule has 7 nitrogen and oxygen atoms in total. The number of tetrazole rings is 1. The van der Waals surface area contributed by atoms with Crippen molar-refractivity contribution in [1.82, 2.24) is 25.2 Å². The fourth-order valence-corrected chi connectivity index (χ4v) is 1.01. The summed E-state index contributed by atoms with van der Waals surface area (Å²) >= 11 is 0. The Kier molecular flexibility index (Phi) is 8.15. The van der Waals surface area contributed by atoms with Crippen LogP contribution in [0, 0.1) is 6.07 Å². The Hall–Kier alpha value is -1.92. The van der Waals surface area contributed by atoms with Gasteiger partial charge in [-0.1, -0.05) is 12.4 Å². The Bertz CT molecular complexity index is 509. The second-order valence-electron chi connectivity index (χ2n) is 3.27. The number of aliphatic hydroxyl groups is 1. The summed E-state index contributed by atoms with van der Waals surface area (Å²) in [6.45, 7) is 2.85. The second kappa shape index (κ2) is 9.07. The van der Waals surface area contributed by atoms with Crippen molar-refractivity contribution in [3.8, 4) is 5.69 Å². The Labute approximate surface area is 123 Å². The van der Waals surface area contributed by atoms with Crippen LogP contribution in [0.2, 0.25) is 0 Å². The van der Waals surface area contributed by atoms with Gasteiger partial charge in [-0.3, -0.25) is 4.79 Å². The SMILES string of the molecule is CC(=O)/C=C(/C)O.[Ir].[c-]1ccncc1-n1cnnn1. The number of aromatic nitrogens is 5. The van der Waals surface area contributed by atoms with E-state index in [9.17, 15) is 4.79 Å². The molecule has 1 N–H and O–H groups in total. The maximum Gasteiger partial charge on any atom is 0.155 e. The summed E-state index contributed by atoms with van der Waals surface area (Å²) in [4.78, 5) is 13.9. The van der Waals surface area contributed by atoms with Gasteiger partial charge in [-0.05, 0) is 30.0 Å². The molecule has 0 unspecified atom stereocenters. The molecule has 2 aromatic heterocycles. The van der Waals surface area contributed by atoms with Crippen molar-refractivity contribution < 1.29 is 30.0 Å². The summed E-state index contributed by atoms with van der Waals surface area (Å²) in [5.74, 6) is -0.0625. The van der Waals surface area contributed by atoms with Gasteiger partial charge in [0.15, 0.2) is 5.78 Å². The van der Waals surface area contributed by atoms with Crippen LogP contribution in [0.4, 0.5) is 0 Å². The topological polar surface area (TPSA) is 93.8 Å². The van der Waals surface area contributed by atoms with E-state index < -0.39 is 0 Å². The van der Waals surface area contributed by atoms with Crippen LogP contribution in [0.1, 0.15) is 13.8 Å². The summed E-state index contributed by atoms with van der Waals surface area (Å²) in [7, 11) is 0. The van der Waals surface area contributed by atoms with E-state index in [2.05, 4.69) is 26.6 Å². The van der Waals surface area contributed by atoms with Crippen molar-refractivity contribution in [2.45, 2.75) is 13.8 Å². The largest absolute Gasteiger partial charge is 0.512 e. The van der Waals surface area contributed by atoms with Gasteiger partial charge < -0.3 is 10.1 Å². The first kappa shape index (κ1) is 17.1. The Balaban J connectivity index is 0.000000360. The number of carbonyl (C=O) groups excluding carboxylic acids is 1. The Morgan fingerprint density at radius 1 is 1.47 bits per heavy atom. The van der Waals surface area contributed by atoms with E-state index in [1.54, 1.807) is 18.5 Å². The molecule has 2 heterocycles. The Morgan fingerprint density at radius 3 is 2.58 bits per heavy atom. The molecule has 2 aromatic rings. The molecule has 0 saturated heterocycles. The fraction of sp³-hybridized carbons (Fsp3) is 0.182. The predicted molar refractivity (Wildman–Crippen MR) is 62.9 cm³/mol. The number of allylic oxidation sites excluding steroid dienone is 2. The molecule has 0 aromatic carbocycles. The van der Waals surface area contributed by atoms with Crippen molar-refractivity contribution in [2.24, 2.45) is 0 Å². The van der Waals surface area contributed by atoms with Crippen molar-refractivity contribution in [1.29, 1.82) is 0 Å². The zero-order valence-electron chi connectivity index (χ0n) is 10.3. The standard InChI is InChI=1S/C6H4N5.C5H8O2.Ir/c1-2-6(4-7-3-1)11-5-8-9-10-11;1-4(6)3-5(2)7;/h1,3-5H;3,6H,1-2H3;/q-1;;/b;4-3-;. The monoisotopic (exact) mass is 439 g/mol. The smallest absolute Gasteiger partial charge is 0.155 e. The molecule has 0 bridgehead atoms. The first-order valence-electron chi connectivity index (χ1n) is 5.02. The molecule has 0 amide bonds. The summed E-state index contributed by atoms with van der Waals surface area (Å²) in [6, 6.07) is 4.63. The average Bonchev–Trinajstić information content (AvgIpc) is 2.82. The second-order valence-corrected chi connectivity index (χ2v) is 3.27. The minimum absolute atomic E-state index is 0. The van der Waals surface area contributed by atoms with Gasteiger partial charge in [0.1, 0.15) is 6.33 Å². The maximum atomic E-state index is 10.0. The van der Waals surface area contributed by atoms with Gasteiger partial charge in [0.25, 0.3) is 0 Å². The zero-order valence-corrected chi connectivity index (χ0v) is 12.7. The van der Waals surface area contributed by atoms with Gasteiger partial charge in [-0.2, -0.15) is 12.1 Å². The average molecular weight is 438 g/mol. The first-order chi connectivity index (χ1) is 8.59. The third-order valence-electron chi connectivity index (χ3n) is 1.60. The van der Waals surface area contributed by atoms with Gasteiger partial charge in [-0.15, -0.1) is 5.10 Å². The summed E-state index contributed by atoms with van der Waals surface area (Å²) in [6.07, 6.45) is 5.94. The molecule has 8 heteroatoms. The minimum Gasteiger partial charge on any atom is -0.512 e. The number of aliphatic hydroxyl groups excluding tert-OH is 1. The first-order valence-corrected chi connectivity index (χ1v) is 5.02. The fourth-order valence-electron chi connectivity index (χ4n) is 1.01. The van der Waals surface area contributed by atoms with Gasteiger partial charge in [0, 0.05) is 26.2 Å². The van der Waals surface area contributed by atoms with Crippen LogP contribution in [0.15, 0.2) is 36.6 Å². The number of hydrogen-bond donors (Lipinski definition) is 1. The van der Waals surface area contributed by atoms with E-state index in [0.29, 0.717) is 0 Å². The van der Waals surface area contributed by atoms with E-state index in [1.807, 2.05) is 0 Å². The number of rotatable bonds is 2. The van der Waals surface area contributed by atoms with Crippen LogP contribution in [0.25, 0.3) is 5.69 Å². The van der Waals surface area contributed by atoms with Gasteiger partial charge in [0.05, 0.1) is 5.76 Å². The minimum atomic E-state index is -0.125. The van der Waals surface area contributed by atoms with E-state index in [0.717, 1.165) is 5.69 Å². The van der Waals surface area contributed by atoms with E-state index in [1.165, 1.54) is 30.9 Å². The molecule has 2 rings (SSSR count). The molecule has 0 aliphatic carbocycles. The molecule has 0 spiro atoms. The van der Waals surface area contributed by atoms with Crippen LogP contribution in [-0.2, 0) is 24.9 Å². The third-order valence-corrected chi connectivity index (χ3v) is 1.60. The van der Waals surface area contributed by atoms with E-state index in [-0.39, 0.29) is 31.6 Å². The van der Waals surface area contributed by atoms with Gasteiger partial charge in [-0.25, -0.2) is 4.68 Å². The van der Waals surface area contributed by atoms with Crippen LogP contribution in [-0.4, -0.2) is 36.1 Å². The van der Waals surface area contributed by atoms with Crippen molar-refractivity contribution in [2.75, 3.05) is 0 Å². The van der Waals surface area contributed by atoms with Crippen LogP contribution < -0.4 is 0 Å². The normalized spacial score (nSPS) is 9.89. The summed E-state index contributed by atoms with van der Waals surface area (Å²) in [5.41, 5.74) is 0.734. The quantitative estimate of drug-likeness (QED) is 0.425. The molecule has 0 aliphatic heterocycles. The predicted octanol–water partition coefficient (Wildman–Crippen LogP) is 0.892. The van der Waals surface area contributed by atoms with E-state index >= 15 is 0 Å². The molecule has 19 heavy (non-hydrogen) atoms. The molecule has 0 atom stereocenters. The maximum absolute atomic E-state index is 10.0. The van der Waals surface area contributed by atoms with Gasteiger partial charge in [0.2, 0.25) is 0 Å². The van der Waals surface area contributed by atoms with Crippen molar-refractivity contribution in [3.05, 3.63) is 42.7 Å². The number of ketones is 1. The third kappa shape index (κ3) is 7.17. The van der Waals surface area contributed by atoms with E-state index in [4.69, 9.17) is 5.11 Å². The number of nitrogens with zero attached hydrogens (tertiary/aromatic N) is 5. The Morgan fingerprint density at radius 2 is 2.21 bits per heavy atom. The van der Waals surface area contributed by atoms with Crippen molar-refractivity contribution >= 4 is 5.78 Å². The molecule has 103 valence electrons. The molecule has 0 aliphatic rings. The molecule has 0 saturated carbocycles. The number of pyridine rings is 1. The van der Waals surface area contributed by atoms with Crippen LogP contribution >= 0.6 is 0 Å². The molecule has 1 radical (unpaired) electrons. The molecule has 0 fully saturated rings. The number of hydrogen-bond acceptors (Lipinski definition) is 6.